The number of rotatable bonds is 6. The molecule has 7 heteroatoms. The van der Waals surface area contributed by atoms with Gasteiger partial charge in [0.2, 0.25) is 0 Å². The molecule has 0 aliphatic carbocycles. The molecule has 0 spiro atoms. The van der Waals surface area contributed by atoms with Crippen molar-refractivity contribution < 1.29 is 14.9 Å². The summed E-state index contributed by atoms with van der Waals surface area (Å²) >= 11 is 0. The smallest absolute Gasteiger partial charge is 0.306 e. The van der Waals surface area contributed by atoms with Crippen LogP contribution >= 0.6 is 0 Å². The highest BCUT2D eigenvalue weighted by Crippen LogP contribution is 2.20. The van der Waals surface area contributed by atoms with Crippen molar-refractivity contribution in [2.24, 2.45) is 5.92 Å². The number of carboxylic acids is 1. The number of aromatic amines is 1. The van der Waals surface area contributed by atoms with Gasteiger partial charge in [0.1, 0.15) is 13.3 Å². The van der Waals surface area contributed by atoms with E-state index in [2.05, 4.69) is 21.7 Å². The molecule has 7 nitrogen and oxygen atoms in total. The van der Waals surface area contributed by atoms with Crippen molar-refractivity contribution in [1.29, 1.82) is 0 Å². The molecule has 1 aromatic rings. The Morgan fingerprint density at radius 3 is 2.86 bits per heavy atom. The molecule has 1 saturated heterocycles. The number of hydrogen-bond acceptors (Lipinski definition) is 4. The number of nitrogens with zero attached hydrogens (tertiary/aromatic N) is 2. The topological polar surface area (TPSA) is 100 Å². The standard InChI is InChI=1S/C14H20N4O3/c1-15-6-2-3-11-9-16-13(19)12(17-11)18-7-4-10(5-8-18)14(20)21/h9-10H,1-8H2,(H,16,19)(H,20,21)/p+1. The molecule has 1 fully saturated rings. The predicted octanol–water partition coefficient (Wildman–Crippen LogP) is -1.22. The fraction of sp³-hybridized carbons (Fsp3) is 0.571. The third-order valence-electron chi connectivity index (χ3n) is 3.75. The molecule has 114 valence electrons. The average molecular weight is 293 g/mol. The molecular weight excluding hydrogens is 272 g/mol. The summed E-state index contributed by atoms with van der Waals surface area (Å²) < 4.78 is 0. The zero-order valence-corrected chi connectivity index (χ0v) is 12.0. The number of hydrogen-bond donors (Lipinski definition) is 3. The van der Waals surface area contributed by atoms with Crippen LogP contribution in [0.5, 0.6) is 0 Å². The van der Waals surface area contributed by atoms with Gasteiger partial charge in [0.15, 0.2) is 5.82 Å². The first kappa shape index (κ1) is 15.2. The second-order valence-electron chi connectivity index (χ2n) is 5.25. The van der Waals surface area contributed by atoms with Gasteiger partial charge in [0.25, 0.3) is 5.56 Å². The lowest BCUT2D eigenvalue weighted by Crippen LogP contribution is -2.65. The lowest BCUT2D eigenvalue weighted by molar-refractivity contribution is -0.447. The molecule has 1 aliphatic rings. The summed E-state index contributed by atoms with van der Waals surface area (Å²) in [4.78, 5) is 34.7. The minimum atomic E-state index is -0.758. The van der Waals surface area contributed by atoms with Crippen LogP contribution in [0.2, 0.25) is 0 Å². The van der Waals surface area contributed by atoms with Crippen molar-refractivity contribution in [3.63, 3.8) is 0 Å². The van der Waals surface area contributed by atoms with E-state index in [4.69, 9.17) is 5.11 Å². The first-order valence-electron chi connectivity index (χ1n) is 7.18. The van der Waals surface area contributed by atoms with Gasteiger partial charge in [-0.05, 0) is 19.3 Å². The largest absolute Gasteiger partial charge is 0.481 e. The zero-order valence-electron chi connectivity index (χ0n) is 12.0. The highest BCUT2D eigenvalue weighted by Gasteiger charge is 2.26. The number of anilines is 1. The first-order chi connectivity index (χ1) is 10.1. The predicted molar refractivity (Wildman–Crippen MR) is 78.7 cm³/mol. The Morgan fingerprint density at radius 2 is 2.24 bits per heavy atom. The van der Waals surface area contributed by atoms with E-state index in [0.717, 1.165) is 25.1 Å². The fourth-order valence-electron chi connectivity index (χ4n) is 2.51. The SMILES string of the molecule is C=[NH+]CCCc1c[nH]c(=O)c(N2CCC(C(=O)O)CC2)n1. The van der Waals surface area contributed by atoms with Crippen LogP contribution in [0.1, 0.15) is 25.0 Å². The van der Waals surface area contributed by atoms with E-state index in [1.807, 2.05) is 4.90 Å². The molecule has 0 bridgehead atoms. The van der Waals surface area contributed by atoms with Crippen LogP contribution in [-0.4, -0.2) is 47.4 Å². The van der Waals surface area contributed by atoms with Crippen LogP contribution in [0.3, 0.4) is 0 Å². The maximum atomic E-state index is 11.9. The molecule has 1 aliphatic heterocycles. The monoisotopic (exact) mass is 293 g/mol. The van der Waals surface area contributed by atoms with Gasteiger partial charge < -0.3 is 15.0 Å². The van der Waals surface area contributed by atoms with Crippen molar-refractivity contribution in [3.8, 4) is 0 Å². The Kier molecular flexibility index (Phi) is 5.08. The molecule has 21 heavy (non-hydrogen) atoms. The zero-order chi connectivity index (χ0) is 15.2. The normalized spacial score (nSPS) is 15.9. The minimum absolute atomic E-state index is 0.220. The molecule has 0 unspecified atom stereocenters. The number of carbonyl (C=O) groups is 1. The molecule has 0 aromatic carbocycles. The van der Waals surface area contributed by atoms with Gasteiger partial charge in [-0.15, -0.1) is 0 Å². The molecule has 0 saturated carbocycles. The quantitative estimate of drug-likeness (QED) is 0.451. The summed E-state index contributed by atoms with van der Waals surface area (Å²) in [6.07, 6.45) is 4.39. The van der Waals surface area contributed by atoms with Gasteiger partial charge in [-0.2, -0.15) is 0 Å². The number of nitrogens with one attached hydrogen (secondary N) is 2. The summed E-state index contributed by atoms with van der Waals surface area (Å²) in [5, 5.41) is 9.00. The van der Waals surface area contributed by atoms with E-state index in [1.54, 1.807) is 6.20 Å². The van der Waals surface area contributed by atoms with Crippen LogP contribution in [0.25, 0.3) is 0 Å². The van der Waals surface area contributed by atoms with E-state index >= 15 is 0 Å². The van der Waals surface area contributed by atoms with E-state index in [9.17, 15) is 9.59 Å². The van der Waals surface area contributed by atoms with Crippen LogP contribution in [-0.2, 0) is 11.2 Å². The van der Waals surface area contributed by atoms with E-state index in [-0.39, 0.29) is 11.5 Å². The summed E-state index contributed by atoms with van der Waals surface area (Å²) in [5.41, 5.74) is 0.614. The minimum Gasteiger partial charge on any atom is -0.481 e. The lowest BCUT2D eigenvalue weighted by Gasteiger charge is -2.30. The Balaban J connectivity index is 2.05. The van der Waals surface area contributed by atoms with Gasteiger partial charge in [0, 0.05) is 25.7 Å². The Labute approximate surface area is 122 Å². The maximum Gasteiger partial charge on any atom is 0.306 e. The van der Waals surface area contributed by atoms with Crippen molar-refractivity contribution in [2.75, 3.05) is 24.5 Å². The molecule has 3 N–H and O–H groups in total. The van der Waals surface area contributed by atoms with Crippen molar-refractivity contribution in [3.05, 3.63) is 22.2 Å². The highest BCUT2D eigenvalue weighted by atomic mass is 16.4. The molecule has 2 heterocycles. The molecule has 1 aromatic heterocycles. The Morgan fingerprint density at radius 1 is 1.52 bits per heavy atom. The molecule has 0 atom stereocenters. The lowest BCUT2D eigenvalue weighted by atomic mass is 9.97. The molecule has 0 radical (unpaired) electrons. The van der Waals surface area contributed by atoms with Gasteiger partial charge in [-0.25, -0.2) is 4.98 Å². The van der Waals surface area contributed by atoms with Gasteiger partial charge in [-0.3, -0.25) is 14.6 Å². The highest BCUT2D eigenvalue weighted by molar-refractivity contribution is 5.70. The second-order valence-corrected chi connectivity index (χ2v) is 5.25. The number of aryl methyl sites for hydroxylation is 1. The summed E-state index contributed by atoms with van der Waals surface area (Å²) in [6, 6.07) is 0. The van der Waals surface area contributed by atoms with Crippen molar-refractivity contribution in [1.82, 2.24) is 9.97 Å². The molecule has 0 amide bonds. The van der Waals surface area contributed by atoms with Crippen LogP contribution in [0.15, 0.2) is 11.0 Å². The third-order valence-corrected chi connectivity index (χ3v) is 3.75. The summed E-state index contributed by atoms with van der Waals surface area (Å²) in [6.45, 7) is 5.46. The van der Waals surface area contributed by atoms with E-state index in [1.165, 1.54) is 0 Å². The third kappa shape index (κ3) is 3.90. The Bertz CT molecular complexity index is 562. The number of aliphatic carboxylic acids is 1. The van der Waals surface area contributed by atoms with Gasteiger partial charge >= 0.3 is 5.97 Å². The van der Waals surface area contributed by atoms with Crippen molar-refractivity contribution in [2.45, 2.75) is 25.7 Å². The summed E-state index contributed by atoms with van der Waals surface area (Å²) in [7, 11) is 0. The fourth-order valence-corrected chi connectivity index (χ4v) is 2.51. The van der Waals surface area contributed by atoms with Gasteiger partial charge in [0.05, 0.1) is 11.6 Å². The van der Waals surface area contributed by atoms with E-state index in [0.29, 0.717) is 31.7 Å². The van der Waals surface area contributed by atoms with Crippen LogP contribution in [0, 0.1) is 5.92 Å². The number of aromatic nitrogens is 2. The number of H-pyrrole nitrogens is 1. The number of carboxylic acid groups (broad SMARTS) is 1. The number of piperidine rings is 1. The maximum absolute atomic E-state index is 11.9. The first-order valence-corrected chi connectivity index (χ1v) is 7.18. The Hall–Kier alpha value is -2.18. The van der Waals surface area contributed by atoms with Crippen LogP contribution < -0.4 is 15.5 Å². The molecule has 2 rings (SSSR count). The second kappa shape index (κ2) is 7.01. The van der Waals surface area contributed by atoms with Gasteiger partial charge in [-0.1, -0.05) is 0 Å². The van der Waals surface area contributed by atoms with Crippen LogP contribution in [0.4, 0.5) is 5.82 Å². The molecular formula is C14H21N4O3+. The van der Waals surface area contributed by atoms with E-state index < -0.39 is 5.97 Å². The van der Waals surface area contributed by atoms with Crippen molar-refractivity contribution >= 4 is 18.5 Å². The average Bonchev–Trinajstić information content (AvgIpc) is 2.49. The summed E-state index contributed by atoms with van der Waals surface area (Å²) in [5.74, 6) is -0.670.